The monoisotopic (exact) mass is 201 g/mol. The van der Waals surface area contributed by atoms with E-state index in [2.05, 4.69) is 25.8 Å². The molecule has 2 atom stereocenters. The lowest BCUT2D eigenvalue weighted by Gasteiger charge is -2.24. The Morgan fingerprint density at radius 3 is 2.64 bits per heavy atom. The van der Waals surface area contributed by atoms with Gasteiger partial charge in [0.2, 0.25) is 0 Å². The van der Waals surface area contributed by atoms with Crippen molar-refractivity contribution >= 4 is 0 Å². The third-order valence-electron chi connectivity index (χ3n) is 2.68. The van der Waals surface area contributed by atoms with Gasteiger partial charge in [0.1, 0.15) is 0 Å². The van der Waals surface area contributed by atoms with Gasteiger partial charge in [-0.1, -0.05) is 13.8 Å². The fraction of sp³-hybridized carbons (Fsp3) is 1.00. The number of likely N-dealkylation sites (N-methyl/N-ethyl adjacent to an activating group) is 1. The van der Waals surface area contributed by atoms with Crippen LogP contribution < -0.4 is 0 Å². The molecule has 1 fully saturated rings. The zero-order valence-electron chi connectivity index (χ0n) is 9.57. The molecule has 1 rings (SSSR count). The van der Waals surface area contributed by atoms with Gasteiger partial charge >= 0.3 is 0 Å². The Bertz CT molecular complexity index is 155. The largest absolute Gasteiger partial charge is 0.391 e. The maximum Gasteiger partial charge on any atom is 0.0717 e. The van der Waals surface area contributed by atoms with E-state index in [1.165, 1.54) is 0 Å². The Balaban J connectivity index is 2.21. The highest BCUT2D eigenvalue weighted by atomic mass is 16.5. The molecule has 0 radical (unpaired) electrons. The molecular formula is C11H23NO2. The van der Waals surface area contributed by atoms with Crippen molar-refractivity contribution in [3.63, 3.8) is 0 Å². The van der Waals surface area contributed by atoms with Gasteiger partial charge in [-0.25, -0.2) is 0 Å². The molecule has 14 heavy (non-hydrogen) atoms. The molecule has 84 valence electrons. The van der Waals surface area contributed by atoms with Gasteiger partial charge in [-0.2, -0.15) is 0 Å². The van der Waals surface area contributed by atoms with E-state index in [-0.39, 0.29) is 6.10 Å². The first kappa shape index (κ1) is 12.0. The Morgan fingerprint density at radius 1 is 1.43 bits per heavy atom. The summed E-state index contributed by atoms with van der Waals surface area (Å²) in [4.78, 5) is 2.20. The van der Waals surface area contributed by atoms with Crippen molar-refractivity contribution < 1.29 is 9.84 Å². The molecule has 0 saturated carbocycles. The summed E-state index contributed by atoms with van der Waals surface area (Å²) >= 11 is 0. The van der Waals surface area contributed by atoms with Crippen LogP contribution in [0.2, 0.25) is 0 Å². The van der Waals surface area contributed by atoms with Gasteiger partial charge in [0.25, 0.3) is 0 Å². The number of aliphatic hydroxyl groups excluding tert-OH is 1. The van der Waals surface area contributed by atoms with Crippen molar-refractivity contribution in [2.24, 2.45) is 11.8 Å². The zero-order valence-corrected chi connectivity index (χ0v) is 9.57. The summed E-state index contributed by atoms with van der Waals surface area (Å²) in [7, 11) is 2.07. The second kappa shape index (κ2) is 5.69. The molecule has 0 aromatic carbocycles. The molecular weight excluding hydrogens is 178 g/mol. The first-order valence-corrected chi connectivity index (χ1v) is 5.54. The van der Waals surface area contributed by atoms with Crippen molar-refractivity contribution in [2.75, 3.05) is 33.4 Å². The summed E-state index contributed by atoms with van der Waals surface area (Å²) in [6.45, 7) is 7.76. The molecule has 0 aromatic heterocycles. The maximum atomic E-state index is 9.91. The van der Waals surface area contributed by atoms with Crippen LogP contribution in [0.4, 0.5) is 0 Å². The van der Waals surface area contributed by atoms with Gasteiger partial charge in [-0.3, -0.25) is 0 Å². The lowest BCUT2D eigenvalue weighted by Crippen LogP contribution is -2.36. The van der Waals surface area contributed by atoms with E-state index in [4.69, 9.17) is 4.74 Å². The SMILES string of the molecule is CC(C)CN(C)CC(O)C1CCOC1. The van der Waals surface area contributed by atoms with E-state index in [9.17, 15) is 5.11 Å². The van der Waals surface area contributed by atoms with Crippen LogP contribution in [0.5, 0.6) is 0 Å². The quantitative estimate of drug-likeness (QED) is 0.719. The number of ether oxygens (including phenoxy) is 1. The predicted octanol–water partition coefficient (Wildman–Crippen LogP) is 0.972. The summed E-state index contributed by atoms with van der Waals surface area (Å²) in [6.07, 6.45) is 0.790. The van der Waals surface area contributed by atoms with Crippen LogP contribution in [0.3, 0.4) is 0 Å². The fourth-order valence-corrected chi connectivity index (χ4v) is 2.02. The van der Waals surface area contributed by atoms with Gasteiger partial charge in [0.15, 0.2) is 0 Å². The Labute approximate surface area is 87.1 Å². The molecule has 3 heteroatoms. The molecule has 1 N–H and O–H groups in total. The summed E-state index contributed by atoms with van der Waals surface area (Å²) < 4.78 is 5.26. The molecule has 1 aliphatic heterocycles. The molecule has 2 unspecified atom stereocenters. The second-order valence-corrected chi connectivity index (χ2v) is 4.81. The van der Waals surface area contributed by atoms with E-state index < -0.39 is 0 Å². The smallest absolute Gasteiger partial charge is 0.0717 e. The highest BCUT2D eigenvalue weighted by molar-refractivity contribution is 4.75. The van der Waals surface area contributed by atoms with E-state index >= 15 is 0 Å². The van der Waals surface area contributed by atoms with Crippen LogP contribution in [-0.2, 0) is 4.74 Å². The molecule has 0 amide bonds. The molecule has 1 heterocycles. The van der Waals surface area contributed by atoms with Crippen molar-refractivity contribution in [3.05, 3.63) is 0 Å². The Kier molecular flexibility index (Phi) is 4.85. The second-order valence-electron chi connectivity index (χ2n) is 4.81. The first-order chi connectivity index (χ1) is 6.59. The summed E-state index contributed by atoms with van der Waals surface area (Å²) in [6, 6.07) is 0. The molecule has 0 bridgehead atoms. The van der Waals surface area contributed by atoms with Crippen molar-refractivity contribution in [2.45, 2.75) is 26.4 Å². The minimum absolute atomic E-state index is 0.221. The maximum absolute atomic E-state index is 9.91. The molecule has 1 aliphatic rings. The van der Waals surface area contributed by atoms with E-state index in [0.717, 1.165) is 32.7 Å². The molecule has 3 nitrogen and oxygen atoms in total. The molecule has 0 aliphatic carbocycles. The Morgan fingerprint density at radius 2 is 2.14 bits per heavy atom. The lowest BCUT2D eigenvalue weighted by molar-refractivity contribution is 0.0605. The van der Waals surface area contributed by atoms with Crippen LogP contribution in [0.25, 0.3) is 0 Å². The van der Waals surface area contributed by atoms with Gasteiger partial charge in [-0.15, -0.1) is 0 Å². The number of hydrogen-bond donors (Lipinski definition) is 1. The van der Waals surface area contributed by atoms with Crippen LogP contribution in [0, 0.1) is 11.8 Å². The van der Waals surface area contributed by atoms with Gasteiger partial charge in [0.05, 0.1) is 12.7 Å². The average molecular weight is 201 g/mol. The number of nitrogens with zero attached hydrogens (tertiary/aromatic N) is 1. The first-order valence-electron chi connectivity index (χ1n) is 5.54. The third kappa shape index (κ3) is 3.95. The molecule has 0 aromatic rings. The van der Waals surface area contributed by atoms with E-state index in [1.807, 2.05) is 0 Å². The van der Waals surface area contributed by atoms with E-state index in [0.29, 0.717) is 11.8 Å². The van der Waals surface area contributed by atoms with Crippen LogP contribution in [0.15, 0.2) is 0 Å². The summed E-state index contributed by atoms with van der Waals surface area (Å²) in [5.74, 6) is 1.01. The van der Waals surface area contributed by atoms with Crippen molar-refractivity contribution in [3.8, 4) is 0 Å². The van der Waals surface area contributed by atoms with Gasteiger partial charge in [0, 0.05) is 25.6 Å². The summed E-state index contributed by atoms with van der Waals surface area (Å²) in [5, 5.41) is 9.91. The fourth-order valence-electron chi connectivity index (χ4n) is 2.02. The van der Waals surface area contributed by atoms with Crippen LogP contribution in [0.1, 0.15) is 20.3 Å². The van der Waals surface area contributed by atoms with Crippen LogP contribution >= 0.6 is 0 Å². The number of aliphatic hydroxyl groups is 1. The van der Waals surface area contributed by atoms with Crippen LogP contribution in [-0.4, -0.2) is 49.5 Å². The minimum Gasteiger partial charge on any atom is -0.391 e. The predicted molar refractivity (Wildman–Crippen MR) is 57.3 cm³/mol. The van der Waals surface area contributed by atoms with Gasteiger partial charge < -0.3 is 14.7 Å². The molecule has 1 saturated heterocycles. The standard InChI is InChI=1S/C11H23NO2/c1-9(2)6-12(3)7-11(13)10-4-5-14-8-10/h9-11,13H,4-8H2,1-3H3. The Hall–Kier alpha value is -0.120. The normalized spacial score (nSPS) is 24.9. The van der Waals surface area contributed by atoms with Gasteiger partial charge in [-0.05, 0) is 19.4 Å². The molecule has 0 spiro atoms. The topological polar surface area (TPSA) is 32.7 Å². The number of rotatable bonds is 5. The van der Waals surface area contributed by atoms with Crippen molar-refractivity contribution in [1.29, 1.82) is 0 Å². The lowest BCUT2D eigenvalue weighted by atomic mass is 10.0. The third-order valence-corrected chi connectivity index (χ3v) is 2.68. The van der Waals surface area contributed by atoms with E-state index in [1.54, 1.807) is 0 Å². The minimum atomic E-state index is -0.221. The summed E-state index contributed by atoms with van der Waals surface area (Å²) in [5.41, 5.74) is 0. The van der Waals surface area contributed by atoms with Crippen molar-refractivity contribution in [1.82, 2.24) is 4.90 Å². The highest BCUT2D eigenvalue weighted by Crippen LogP contribution is 2.17. The zero-order chi connectivity index (χ0) is 10.6. The highest BCUT2D eigenvalue weighted by Gasteiger charge is 2.24. The average Bonchev–Trinajstić information content (AvgIpc) is 2.53. The number of hydrogen-bond acceptors (Lipinski definition) is 3.